The first kappa shape index (κ1) is 17.3. The van der Waals surface area contributed by atoms with E-state index in [1.165, 1.54) is 13.8 Å². The second-order valence-electron chi connectivity index (χ2n) is 2.70. The molecule has 0 radical (unpaired) electrons. The van der Waals surface area contributed by atoms with Crippen molar-refractivity contribution in [3.8, 4) is 0 Å². The summed E-state index contributed by atoms with van der Waals surface area (Å²) in [5, 5.41) is 30.7. The highest BCUT2D eigenvalue weighted by atomic mass is 17.5. The molecule has 0 aromatic heterocycles. The normalized spacial score (nSPS) is 14.1. The van der Waals surface area contributed by atoms with Gasteiger partial charge in [-0.05, 0) is 13.8 Å². The second-order valence-corrected chi connectivity index (χ2v) is 2.70. The van der Waals surface area contributed by atoms with Crippen LogP contribution in [0.25, 0.3) is 0 Å². The van der Waals surface area contributed by atoms with Crippen LogP contribution in [0, 0.1) is 0 Å². The van der Waals surface area contributed by atoms with Gasteiger partial charge in [0.25, 0.3) is 0 Å². The molecule has 0 saturated carbocycles. The van der Waals surface area contributed by atoms with Crippen LogP contribution in [0.15, 0.2) is 24.0 Å². The molecule has 0 spiro atoms. The van der Waals surface area contributed by atoms with Crippen molar-refractivity contribution < 1.29 is 55.4 Å². The summed E-state index contributed by atoms with van der Waals surface area (Å²) in [6, 6.07) is 0. The van der Waals surface area contributed by atoms with Gasteiger partial charge in [-0.2, -0.15) is 21.5 Å². The molecule has 0 heterocycles. The lowest BCUT2D eigenvalue weighted by Gasteiger charge is -2.18. The number of hydrogen-bond acceptors (Lipinski definition) is 11. The molecule has 0 aliphatic carbocycles. The van der Waals surface area contributed by atoms with Crippen molar-refractivity contribution in [1.82, 2.24) is 0 Å². The molecule has 0 unspecified atom stereocenters. The minimum absolute atomic E-state index is 0.619. The minimum Gasteiger partial charge on any atom is -0.369 e. The minimum atomic E-state index is -2.87. The lowest BCUT2D eigenvalue weighted by Crippen LogP contribution is -2.54. The zero-order valence-electron chi connectivity index (χ0n) is 10.0. The Balaban J connectivity index is 4.71. The topological polar surface area (TPSA) is 179 Å². The molecule has 0 atom stereocenters. The van der Waals surface area contributed by atoms with Crippen molar-refractivity contribution in [3.63, 3.8) is 0 Å². The maximum atomic E-state index is 9.11. The molecule has 0 aromatic rings. The fourth-order valence-corrected chi connectivity index (χ4v) is 0.691. The van der Waals surface area contributed by atoms with Crippen LogP contribution in [-0.2, 0) is 24.3 Å². The molecule has 0 aliphatic rings. The summed E-state index contributed by atoms with van der Waals surface area (Å²) in [5.41, 5.74) is 0. The number of hydrogen-bond donors (Lipinski definition) is 6. The van der Waals surface area contributed by atoms with Gasteiger partial charge < -0.3 is 9.68 Å². The maximum absolute atomic E-state index is 9.11. The van der Waals surface area contributed by atoms with Crippen LogP contribution < -0.4 is 11.8 Å². The van der Waals surface area contributed by atoms with Gasteiger partial charge in [0, 0.05) is 12.2 Å². The Kier molecular flexibility index (Phi) is 6.42. The molecule has 0 rings (SSSR count). The fraction of sp³-hybridized carbons (Fsp3) is 0.333. The van der Waals surface area contributed by atoms with Gasteiger partial charge in [-0.25, -0.2) is 0 Å². The SMILES string of the molecule is C/C=C(/ON)O[N+](O)(O)O[N+](O)(O)O/C(=C\C)ON. The Morgan fingerprint density at radius 3 is 1.37 bits per heavy atom. The van der Waals surface area contributed by atoms with Gasteiger partial charge in [-0.15, -0.1) is 0 Å². The number of allylic oxidation sites excluding steroid dienone is 2. The number of nitrogens with two attached hydrogens (primary N) is 2. The van der Waals surface area contributed by atoms with Crippen LogP contribution in [0.2, 0.25) is 0 Å². The Hall–Kier alpha value is -1.68. The van der Waals surface area contributed by atoms with E-state index in [9.17, 15) is 0 Å². The highest BCUT2D eigenvalue weighted by Gasteiger charge is 2.51. The van der Waals surface area contributed by atoms with Gasteiger partial charge in [0.1, 0.15) is 0 Å². The fourth-order valence-electron chi connectivity index (χ4n) is 0.691. The van der Waals surface area contributed by atoms with E-state index in [0.29, 0.717) is 0 Å². The Labute approximate surface area is 106 Å². The third-order valence-corrected chi connectivity index (χ3v) is 1.33. The zero-order valence-corrected chi connectivity index (χ0v) is 10.0. The van der Waals surface area contributed by atoms with Gasteiger partial charge >= 0.3 is 22.2 Å². The predicted molar refractivity (Wildman–Crippen MR) is 49.0 cm³/mol. The molecule has 0 aliphatic heterocycles. The second kappa shape index (κ2) is 7.04. The summed E-state index contributed by atoms with van der Waals surface area (Å²) in [6.45, 7) is 2.72. The molecule has 112 valence electrons. The quantitative estimate of drug-likeness (QED) is 0.190. The lowest BCUT2D eigenvalue weighted by molar-refractivity contribution is -1.66. The number of nitrogens with zero attached hydrogens (tertiary/aromatic N) is 2. The van der Waals surface area contributed by atoms with Crippen molar-refractivity contribution in [2.75, 3.05) is 0 Å². The van der Waals surface area contributed by atoms with E-state index in [4.69, 9.17) is 20.8 Å². The van der Waals surface area contributed by atoms with E-state index >= 15 is 0 Å². The van der Waals surface area contributed by atoms with Crippen LogP contribution in [-0.4, -0.2) is 31.1 Å². The Morgan fingerprint density at radius 1 is 0.842 bits per heavy atom. The van der Waals surface area contributed by atoms with E-state index in [2.05, 4.69) is 36.1 Å². The van der Waals surface area contributed by atoms with Gasteiger partial charge in [-0.3, -0.25) is 0 Å². The first-order chi connectivity index (χ1) is 8.69. The summed E-state index contributed by atoms with van der Waals surface area (Å²) in [4.78, 5) is 20.2. The van der Waals surface area contributed by atoms with Gasteiger partial charge in [-0.1, -0.05) is 20.8 Å². The third-order valence-electron chi connectivity index (χ3n) is 1.33. The predicted octanol–water partition coefficient (Wildman–Crippen LogP) is -0.610. The van der Waals surface area contributed by atoms with Crippen LogP contribution in [0.5, 0.6) is 0 Å². The highest BCUT2D eigenvalue weighted by Crippen LogP contribution is 2.15. The molecule has 19 heavy (non-hydrogen) atoms. The summed E-state index contributed by atoms with van der Waals surface area (Å²) in [6.07, 6.45) is 2.13. The van der Waals surface area contributed by atoms with Crippen LogP contribution in [0.3, 0.4) is 0 Å². The van der Waals surface area contributed by atoms with Crippen LogP contribution >= 0.6 is 0 Å². The molecular formula is C6H16N4O9+2. The molecular weight excluding hydrogens is 272 g/mol. The van der Waals surface area contributed by atoms with E-state index < -0.39 is 22.2 Å². The standard InChI is InChI=1S/C6H16N4O9/c1-3-5(15-7)17-9(11,12)19-10(13,14)18-6(4-2)16-8/h3-4,11-14H,7-8H2,1-2H3/q+2/b5-3-,6-4-. The summed E-state index contributed by atoms with van der Waals surface area (Å²) >= 11 is 0. The average Bonchev–Trinajstić information content (AvgIpc) is 2.31. The first-order valence-corrected chi connectivity index (χ1v) is 4.55. The summed E-state index contributed by atoms with van der Waals surface area (Å²) < 4.78 is 0. The van der Waals surface area contributed by atoms with Crippen LogP contribution in [0.4, 0.5) is 0 Å². The Morgan fingerprint density at radius 2 is 1.16 bits per heavy atom. The average molecular weight is 288 g/mol. The summed E-state index contributed by atoms with van der Waals surface area (Å²) in [5.74, 6) is 8.14. The highest BCUT2D eigenvalue weighted by molar-refractivity contribution is 4.76. The van der Waals surface area contributed by atoms with E-state index in [1.807, 2.05) is 0 Å². The molecule has 13 heteroatoms. The molecule has 0 bridgehead atoms. The molecule has 0 amide bonds. The maximum Gasteiger partial charge on any atom is 0.371 e. The molecule has 0 aromatic carbocycles. The third kappa shape index (κ3) is 6.72. The Bertz CT molecular complexity index is 310. The molecule has 8 N–H and O–H groups in total. The molecule has 0 saturated heterocycles. The van der Waals surface area contributed by atoms with Crippen molar-refractivity contribution >= 4 is 0 Å². The van der Waals surface area contributed by atoms with Crippen molar-refractivity contribution in [3.05, 3.63) is 24.0 Å². The van der Waals surface area contributed by atoms with E-state index in [1.54, 1.807) is 0 Å². The van der Waals surface area contributed by atoms with Gasteiger partial charge in [0.05, 0.1) is 0 Å². The van der Waals surface area contributed by atoms with Crippen molar-refractivity contribution in [2.45, 2.75) is 13.8 Å². The van der Waals surface area contributed by atoms with Gasteiger partial charge in [0.2, 0.25) is 4.94 Å². The zero-order chi connectivity index (χ0) is 15.1. The van der Waals surface area contributed by atoms with Gasteiger partial charge in [0.15, 0.2) is 0 Å². The monoisotopic (exact) mass is 288 g/mol. The molecule has 13 nitrogen and oxygen atoms in total. The van der Waals surface area contributed by atoms with Crippen molar-refractivity contribution in [1.29, 1.82) is 0 Å². The van der Waals surface area contributed by atoms with Crippen LogP contribution in [0.1, 0.15) is 13.8 Å². The number of quaternary nitrogens is 2. The van der Waals surface area contributed by atoms with E-state index in [-0.39, 0.29) is 0 Å². The smallest absolute Gasteiger partial charge is 0.369 e. The molecule has 0 fully saturated rings. The van der Waals surface area contributed by atoms with Crippen molar-refractivity contribution in [2.24, 2.45) is 11.8 Å². The number of rotatable bonds is 8. The van der Waals surface area contributed by atoms with E-state index in [0.717, 1.165) is 12.2 Å². The summed E-state index contributed by atoms with van der Waals surface area (Å²) in [7, 11) is 0. The largest absolute Gasteiger partial charge is 0.371 e. The first-order valence-electron chi connectivity index (χ1n) is 4.55. The lowest BCUT2D eigenvalue weighted by atomic mass is 10.7.